The summed E-state index contributed by atoms with van der Waals surface area (Å²) in [6, 6.07) is 3.48. The van der Waals surface area contributed by atoms with Crippen molar-refractivity contribution in [2.75, 3.05) is 24.5 Å². The first-order valence-electron chi connectivity index (χ1n) is 8.08. The summed E-state index contributed by atoms with van der Waals surface area (Å²) in [6.07, 6.45) is -2.07. The number of aromatic nitrogens is 1. The van der Waals surface area contributed by atoms with E-state index in [4.69, 9.17) is 0 Å². The minimum Gasteiger partial charge on any atom is -0.370 e. The summed E-state index contributed by atoms with van der Waals surface area (Å²) >= 11 is 0. The van der Waals surface area contributed by atoms with Gasteiger partial charge in [-0.1, -0.05) is 0 Å². The molecule has 1 saturated heterocycles. The second-order valence-corrected chi connectivity index (χ2v) is 6.23. The van der Waals surface area contributed by atoms with E-state index in [1.165, 1.54) is 6.20 Å². The van der Waals surface area contributed by atoms with Crippen LogP contribution in [0.5, 0.6) is 0 Å². The molecule has 1 aromatic carbocycles. The Bertz CT molecular complexity index is 824. The summed E-state index contributed by atoms with van der Waals surface area (Å²) in [5, 5.41) is 2.16. The van der Waals surface area contributed by atoms with Crippen molar-refractivity contribution in [1.82, 2.24) is 10.3 Å². The van der Waals surface area contributed by atoms with Crippen LogP contribution in [0.1, 0.15) is 12.8 Å². The maximum Gasteiger partial charge on any atom is 0.405 e. The number of rotatable bonds is 3. The van der Waals surface area contributed by atoms with E-state index in [1.807, 2.05) is 5.32 Å². The second-order valence-electron chi connectivity index (χ2n) is 6.23. The molecule has 1 atom stereocenters. The van der Waals surface area contributed by atoms with Crippen molar-refractivity contribution in [2.24, 2.45) is 5.92 Å². The van der Waals surface area contributed by atoms with Crippen molar-refractivity contribution in [3.63, 3.8) is 0 Å². The average molecular weight is 373 g/mol. The van der Waals surface area contributed by atoms with E-state index < -0.39 is 36.2 Å². The van der Waals surface area contributed by atoms with Crippen LogP contribution in [-0.2, 0) is 4.79 Å². The number of piperidine rings is 1. The van der Waals surface area contributed by atoms with E-state index in [0.29, 0.717) is 25.1 Å². The normalized spacial score (nSPS) is 18.2. The fourth-order valence-corrected chi connectivity index (χ4v) is 3.18. The van der Waals surface area contributed by atoms with Gasteiger partial charge in [0, 0.05) is 36.4 Å². The number of nitrogens with one attached hydrogen (secondary N) is 1. The maximum absolute atomic E-state index is 13.9. The van der Waals surface area contributed by atoms with Gasteiger partial charge in [0.2, 0.25) is 5.91 Å². The van der Waals surface area contributed by atoms with Crippen LogP contribution < -0.4 is 10.2 Å². The molecule has 1 aromatic heterocycles. The van der Waals surface area contributed by atoms with Crippen LogP contribution in [0, 0.1) is 17.6 Å². The van der Waals surface area contributed by atoms with Crippen molar-refractivity contribution < 1.29 is 26.7 Å². The summed E-state index contributed by atoms with van der Waals surface area (Å²) in [5.74, 6) is -2.85. The zero-order valence-corrected chi connectivity index (χ0v) is 13.6. The van der Waals surface area contributed by atoms with Gasteiger partial charge in [0.1, 0.15) is 17.9 Å². The molecular formula is C17H16F5N3O. The van der Waals surface area contributed by atoms with Gasteiger partial charge in [0.15, 0.2) is 5.82 Å². The standard InChI is InChI=1S/C17H16F5N3O/c18-11-6-12-14(3-4-23-15(12)13(19)7-11)25-5-1-2-10(8-25)16(26)24-9-17(20,21)22/h3-4,6-7,10H,1-2,5,8-9H2,(H,24,26). The number of anilines is 1. The Balaban J connectivity index is 1.82. The second kappa shape index (κ2) is 7.05. The number of carbonyl (C=O) groups excluding carboxylic acids is 1. The van der Waals surface area contributed by atoms with Crippen molar-refractivity contribution in [1.29, 1.82) is 0 Å². The first-order valence-corrected chi connectivity index (χ1v) is 8.08. The summed E-state index contributed by atoms with van der Waals surface area (Å²) in [7, 11) is 0. The minimum atomic E-state index is -4.47. The molecule has 0 saturated carbocycles. The number of amides is 1. The quantitative estimate of drug-likeness (QED) is 0.839. The molecule has 1 amide bonds. The average Bonchev–Trinajstić information content (AvgIpc) is 2.58. The van der Waals surface area contributed by atoms with Gasteiger partial charge in [-0.3, -0.25) is 9.78 Å². The lowest BCUT2D eigenvalue weighted by molar-refractivity contribution is -0.140. The smallest absolute Gasteiger partial charge is 0.370 e. The summed E-state index contributed by atoms with van der Waals surface area (Å²) in [5.41, 5.74) is 0.509. The zero-order valence-electron chi connectivity index (χ0n) is 13.6. The van der Waals surface area contributed by atoms with Crippen LogP contribution in [-0.4, -0.2) is 36.7 Å². The molecule has 0 bridgehead atoms. The van der Waals surface area contributed by atoms with Gasteiger partial charge in [-0.05, 0) is 25.0 Å². The number of fused-ring (bicyclic) bond motifs is 1. The predicted octanol–water partition coefficient (Wildman–Crippen LogP) is 3.41. The first-order chi connectivity index (χ1) is 12.2. The molecule has 4 nitrogen and oxygen atoms in total. The highest BCUT2D eigenvalue weighted by Crippen LogP contribution is 2.31. The van der Waals surface area contributed by atoms with E-state index in [1.54, 1.807) is 11.0 Å². The zero-order chi connectivity index (χ0) is 18.9. The van der Waals surface area contributed by atoms with Crippen LogP contribution in [0.2, 0.25) is 0 Å². The Hall–Kier alpha value is -2.45. The molecular weight excluding hydrogens is 357 g/mol. The summed E-state index contributed by atoms with van der Waals surface area (Å²) in [4.78, 5) is 17.7. The third-order valence-electron chi connectivity index (χ3n) is 4.34. The SMILES string of the molecule is O=C(NCC(F)(F)F)C1CCCN(c2ccnc3c(F)cc(F)cc23)C1. The first kappa shape index (κ1) is 18.3. The number of hydrogen-bond donors (Lipinski definition) is 1. The molecule has 0 aliphatic carbocycles. The Morgan fingerprint density at radius 1 is 1.31 bits per heavy atom. The van der Waals surface area contributed by atoms with E-state index in [0.717, 1.165) is 12.1 Å². The van der Waals surface area contributed by atoms with Gasteiger partial charge in [0.05, 0.1) is 5.92 Å². The third kappa shape index (κ3) is 4.03. The molecule has 1 unspecified atom stereocenters. The molecule has 2 heterocycles. The van der Waals surface area contributed by atoms with Crippen LogP contribution in [0.4, 0.5) is 27.6 Å². The highest BCUT2D eigenvalue weighted by molar-refractivity contribution is 5.92. The molecule has 1 N–H and O–H groups in total. The highest BCUT2D eigenvalue weighted by Gasteiger charge is 2.31. The molecule has 0 radical (unpaired) electrons. The number of alkyl halides is 3. The molecule has 1 fully saturated rings. The number of carbonyl (C=O) groups is 1. The topological polar surface area (TPSA) is 45.2 Å². The molecule has 3 rings (SSSR count). The molecule has 140 valence electrons. The monoisotopic (exact) mass is 373 g/mol. The number of pyridine rings is 1. The van der Waals surface area contributed by atoms with Crippen molar-refractivity contribution in [3.05, 3.63) is 36.0 Å². The van der Waals surface area contributed by atoms with Gasteiger partial charge in [-0.25, -0.2) is 8.78 Å². The Kier molecular flexibility index (Phi) is 4.97. The fraction of sp³-hybridized carbons (Fsp3) is 0.412. The van der Waals surface area contributed by atoms with Crippen molar-refractivity contribution >= 4 is 22.5 Å². The molecule has 1 aliphatic rings. The van der Waals surface area contributed by atoms with Crippen LogP contribution >= 0.6 is 0 Å². The van der Waals surface area contributed by atoms with Gasteiger partial charge >= 0.3 is 6.18 Å². The van der Waals surface area contributed by atoms with Crippen LogP contribution in [0.25, 0.3) is 10.9 Å². The minimum absolute atomic E-state index is 0.00699. The summed E-state index contributed by atoms with van der Waals surface area (Å²) < 4.78 is 64.3. The van der Waals surface area contributed by atoms with Crippen molar-refractivity contribution in [3.8, 4) is 0 Å². The Labute approximate surface area is 146 Å². The molecule has 0 spiro atoms. The van der Waals surface area contributed by atoms with E-state index in [2.05, 4.69) is 4.98 Å². The fourth-order valence-electron chi connectivity index (χ4n) is 3.18. The Morgan fingerprint density at radius 2 is 2.08 bits per heavy atom. The van der Waals surface area contributed by atoms with Gasteiger partial charge in [0.25, 0.3) is 0 Å². The molecule has 9 heteroatoms. The van der Waals surface area contributed by atoms with E-state index in [-0.39, 0.29) is 17.4 Å². The number of halogens is 5. The lowest BCUT2D eigenvalue weighted by Crippen LogP contribution is -2.45. The van der Waals surface area contributed by atoms with Gasteiger partial charge in [-0.2, -0.15) is 13.2 Å². The summed E-state index contributed by atoms with van der Waals surface area (Å²) in [6.45, 7) is -0.682. The molecule has 2 aromatic rings. The largest absolute Gasteiger partial charge is 0.405 e. The molecule has 1 aliphatic heterocycles. The molecule has 26 heavy (non-hydrogen) atoms. The van der Waals surface area contributed by atoms with E-state index in [9.17, 15) is 26.7 Å². The van der Waals surface area contributed by atoms with Gasteiger partial charge in [-0.15, -0.1) is 0 Å². The van der Waals surface area contributed by atoms with Gasteiger partial charge < -0.3 is 10.2 Å². The number of nitrogens with zero attached hydrogens (tertiary/aromatic N) is 2. The van der Waals surface area contributed by atoms with Crippen molar-refractivity contribution in [2.45, 2.75) is 19.0 Å². The maximum atomic E-state index is 13.9. The predicted molar refractivity (Wildman–Crippen MR) is 85.7 cm³/mol. The highest BCUT2D eigenvalue weighted by atomic mass is 19.4. The van der Waals surface area contributed by atoms with Crippen LogP contribution in [0.3, 0.4) is 0 Å². The lowest BCUT2D eigenvalue weighted by atomic mass is 9.96. The number of hydrogen-bond acceptors (Lipinski definition) is 3. The lowest BCUT2D eigenvalue weighted by Gasteiger charge is -2.34. The van der Waals surface area contributed by atoms with Crippen LogP contribution in [0.15, 0.2) is 24.4 Å². The Morgan fingerprint density at radius 3 is 2.81 bits per heavy atom. The number of benzene rings is 1. The third-order valence-corrected chi connectivity index (χ3v) is 4.34. The van der Waals surface area contributed by atoms with E-state index >= 15 is 0 Å².